The van der Waals surface area contributed by atoms with Crippen LogP contribution in [0.4, 0.5) is 0 Å². The molecule has 0 bridgehead atoms. The molecular formula is C15H19NO3S. The Balaban J connectivity index is 1.93. The van der Waals surface area contributed by atoms with Crippen molar-refractivity contribution in [2.45, 2.75) is 38.1 Å². The summed E-state index contributed by atoms with van der Waals surface area (Å²) in [5.74, 6) is -1.22. The second-order valence-electron chi connectivity index (χ2n) is 5.07. The van der Waals surface area contributed by atoms with Crippen molar-refractivity contribution in [2.24, 2.45) is 5.92 Å². The number of amides is 1. The normalized spacial score (nSPS) is 18.0. The Morgan fingerprint density at radius 3 is 2.70 bits per heavy atom. The quantitative estimate of drug-likeness (QED) is 0.820. The molecule has 1 aliphatic rings. The van der Waals surface area contributed by atoms with E-state index in [2.05, 4.69) is 5.32 Å². The van der Waals surface area contributed by atoms with E-state index < -0.39 is 12.0 Å². The van der Waals surface area contributed by atoms with Gasteiger partial charge in [-0.2, -0.15) is 0 Å². The maximum Gasteiger partial charge on any atom is 0.326 e. The molecular weight excluding hydrogens is 274 g/mol. The number of hydrogen-bond acceptors (Lipinski definition) is 3. The highest BCUT2D eigenvalue weighted by Crippen LogP contribution is 2.26. The van der Waals surface area contributed by atoms with Crippen molar-refractivity contribution in [1.29, 1.82) is 0 Å². The van der Waals surface area contributed by atoms with Crippen LogP contribution in [-0.4, -0.2) is 23.0 Å². The van der Waals surface area contributed by atoms with Crippen molar-refractivity contribution in [3.63, 3.8) is 0 Å². The first-order chi connectivity index (χ1) is 9.66. The summed E-state index contributed by atoms with van der Waals surface area (Å²) >= 11 is 1.54. The molecule has 1 atom stereocenters. The van der Waals surface area contributed by atoms with Crippen molar-refractivity contribution >= 4 is 29.3 Å². The summed E-state index contributed by atoms with van der Waals surface area (Å²) < 4.78 is 0. The highest BCUT2D eigenvalue weighted by molar-refractivity contribution is 7.10. The van der Waals surface area contributed by atoms with Gasteiger partial charge in [-0.15, -0.1) is 11.3 Å². The topological polar surface area (TPSA) is 66.4 Å². The van der Waals surface area contributed by atoms with Crippen LogP contribution in [0.25, 0.3) is 6.08 Å². The zero-order valence-corrected chi connectivity index (χ0v) is 12.1. The Morgan fingerprint density at radius 1 is 1.35 bits per heavy atom. The van der Waals surface area contributed by atoms with Gasteiger partial charge in [-0.1, -0.05) is 25.3 Å². The van der Waals surface area contributed by atoms with E-state index in [1.165, 1.54) is 17.4 Å². The van der Waals surface area contributed by atoms with Gasteiger partial charge in [-0.25, -0.2) is 4.79 Å². The van der Waals surface area contributed by atoms with E-state index in [-0.39, 0.29) is 11.8 Å². The standard InChI is InChI=1S/C15H19NO3S/c17-13(9-8-12-7-4-10-20-12)16-14(15(18)19)11-5-2-1-3-6-11/h4,7-11,14H,1-3,5-6H2,(H,16,17)(H,18,19)/b9-8+. The summed E-state index contributed by atoms with van der Waals surface area (Å²) in [5, 5.41) is 13.8. The van der Waals surface area contributed by atoms with Gasteiger partial charge in [0.2, 0.25) is 5.91 Å². The van der Waals surface area contributed by atoms with Crippen LogP contribution in [0.15, 0.2) is 23.6 Å². The molecule has 1 saturated carbocycles. The van der Waals surface area contributed by atoms with Gasteiger partial charge >= 0.3 is 5.97 Å². The fourth-order valence-electron chi connectivity index (χ4n) is 2.59. The van der Waals surface area contributed by atoms with Gasteiger partial charge in [0.1, 0.15) is 6.04 Å². The van der Waals surface area contributed by atoms with Crippen molar-refractivity contribution in [1.82, 2.24) is 5.32 Å². The molecule has 1 fully saturated rings. The van der Waals surface area contributed by atoms with Gasteiger partial charge in [0.05, 0.1) is 0 Å². The highest BCUT2D eigenvalue weighted by atomic mass is 32.1. The lowest BCUT2D eigenvalue weighted by molar-refractivity contribution is -0.143. The summed E-state index contributed by atoms with van der Waals surface area (Å²) in [5.41, 5.74) is 0. The largest absolute Gasteiger partial charge is 0.480 e. The molecule has 5 heteroatoms. The van der Waals surface area contributed by atoms with Gasteiger partial charge in [0, 0.05) is 11.0 Å². The molecule has 0 radical (unpaired) electrons. The third kappa shape index (κ3) is 4.20. The van der Waals surface area contributed by atoms with Crippen LogP contribution in [0.3, 0.4) is 0 Å². The summed E-state index contributed by atoms with van der Waals surface area (Å²) in [6, 6.07) is 3.05. The van der Waals surface area contributed by atoms with Gasteiger partial charge in [0.25, 0.3) is 0 Å². The van der Waals surface area contributed by atoms with Gasteiger partial charge in [-0.05, 0) is 36.3 Å². The minimum atomic E-state index is -0.935. The zero-order valence-electron chi connectivity index (χ0n) is 11.2. The molecule has 1 aromatic rings. The first kappa shape index (κ1) is 14.8. The summed E-state index contributed by atoms with van der Waals surface area (Å²) in [6.07, 6.45) is 8.14. The second kappa shape index (κ2) is 7.24. The van der Waals surface area contributed by atoms with E-state index in [9.17, 15) is 14.7 Å². The third-order valence-electron chi connectivity index (χ3n) is 3.63. The first-order valence-corrected chi connectivity index (χ1v) is 7.79. The van der Waals surface area contributed by atoms with E-state index in [0.29, 0.717) is 0 Å². The lowest BCUT2D eigenvalue weighted by Crippen LogP contribution is -2.46. The van der Waals surface area contributed by atoms with Crippen molar-refractivity contribution in [3.05, 3.63) is 28.5 Å². The van der Waals surface area contributed by atoms with Gasteiger partial charge < -0.3 is 10.4 Å². The molecule has 108 valence electrons. The molecule has 1 unspecified atom stereocenters. The van der Waals surface area contributed by atoms with Crippen molar-refractivity contribution < 1.29 is 14.7 Å². The van der Waals surface area contributed by atoms with Crippen LogP contribution < -0.4 is 5.32 Å². The monoisotopic (exact) mass is 293 g/mol. The van der Waals surface area contributed by atoms with Crippen LogP contribution in [0.1, 0.15) is 37.0 Å². The Hall–Kier alpha value is -1.62. The fourth-order valence-corrected chi connectivity index (χ4v) is 3.21. The Bertz CT molecular complexity index is 475. The molecule has 1 amide bonds. The average molecular weight is 293 g/mol. The molecule has 20 heavy (non-hydrogen) atoms. The van der Waals surface area contributed by atoms with Gasteiger partial charge in [0.15, 0.2) is 0 Å². The molecule has 1 aromatic heterocycles. The van der Waals surface area contributed by atoms with E-state index >= 15 is 0 Å². The number of hydrogen-bond donors (Lipinski definition) is 2. The van der Waals surface area contributed by atoms with Crippen LogP contribution in [0.5, 0.6) is 0 Å². The minimum absolute atomic E-state index is 0.0559. The maximum absolute atomic E-state index is 11.8. The molecule has 1 heterocycles. The number of aliphatic carboxylic acids is 1. The lowest BCUT2D eigenvalue weighted by atomic mass is 9.84. The zero-order chi connectivity index (χ0) is 14.4. The van der Waals surface area contributed by atoms with Crippen LogP contribution in [-0.2, 0) is 9.59 Å². The minimum Gasteiger partial charge on any atom is -0.480 e. The number of nitrogens with one attached hydrogen (secondary N) is 1. The lowest BCUT2D eigenvalue weighted by Gasteiger charge is -2.27. The Morgan fingerprint density at radius 2 is 2.10 bits per heavy atom. The van der Waals surface area contributed by atoms with E-state index in [0.717, 1.165) is 37.0 Å². The molecule has 0 aliphatic heterocycles. The number of carboxylic acids is 1. The smallest absolute Gasteiger partial charge is 0.326 e. The molecule has 0 aromatic carbocycles. The molecule has 1 aliphatic carbocycles. The molecule has 2 N–H and O–H groups in total. The second-order valence-corrected chi connectivity index (χ2v) is 6.05. The van der Waals surface area contributed by atoms with Gasteiger partial charge in [-0.3, -0.25) is 4.79 Å². The number of carbonyl (C=O) groups is 2. The number of carbonyl (C=O) groups excluding carboxylic acids is 1. The van der Waals surface area contributed by atoms with Crippen molar-refractivity contribution in [2.75, 3.05) is 0 Å². The molecule has 4 nitrogen and oxygen atoms in total. The average Bonchev–Trinajstić information content (AvgIpc) is 2.96. The number of thiophene rings is 1. The SMILES string of the molecule is O=C(/C=C/c1cccs1)NC(C(=O)O)C1CCCCC1. The summed E-state index contributed by atoms with van der Waals surface area (Å²) in [4.78, 5) is 24.1. The maximum atomic E-state index is 11.8. The molecule has 0 spiro atoms. The van der Waals surface area contributed by atoms with E-state index in [1.54, 1.807) is 6.08 Å². The predicted molar refractivity (Wildman–Crippen MR) is 79.5 cm³/mol. The Labute approximate surface area is 122 Å². The van der Waals surface area contributed by atoms with Crippen LogP contribution >= 0.6 is 11.3 Å². The number of rotatable bonds is 5. The summed E-state index contributed by atoms with van der Waals surface area (Å²) in [7, 11) is 0. The molecule has 2 rings (SSSR count). The first-order valence-electron chi connectivity index (χ1n) is 6.91. The number of carboxylic acid groups (broad SMARTS) is 1. The third-order valence-corrected chi connectivity index (χ3v) is 4.46. The Kier molecular flexibility index (Phi) is 5.35. The summed E-state index contributed by atoms with van der Waals surface area (Å²) in [6.45, 7) is 0. The highest BCUT2D eigenvalue weighted by Gasteiger charge is 2.30. The van der Waals surface area contributed by atoms with Crippen LogP contribution in [0, 0.1) is 5.92 Å². The van der Waals surface area contributed by atoms with E-state index in [4.69, 9.17) is 0 Å². The fraction of sp³-hybridized carbons (Fsp3) is 0.467. The predicted octanol–water partition coefficient (Wildman–Crippen LogP) is 2.91. The van der Waals surface area contributed by atoms with Crippen LogP contribution in [0.2, 0.25) is 0 Å². The molecule has 0 saturated heterocycles. The van der Waals surface area contributed by atoms with E-state index in [1.807, 2.05) is 17.5 Å². The van der Waals surface area contributed by atoms with Crippen molar-refractivity contribution in [3.8, 4) is 0 Å².